The molecule has 0 spiro atoms. The number of guanidine groups is 1. The molecule has 0 aromatic heterocycles. The van der Waals surface area contributed by atoms with Gasteiger partial charge in [-0.3, -0.25) is 10.1 Å². The molecule has 29 heavy (non-hydrogen) atoms. The normalized spacial score (nSPS) is 16.5. The number of nitrogens with zero attached hydrogens (tertiary/aromatic N) is 1. The van der Waals surface area contributed by atoms with Crippen molar-refractivity contribution in [2.24, 2.45) is 4.99 Å². The van der Waals surface area contributed by atoms with E-state index in [1.807, 2.05) is 25.1 Å². The minimum absolute atomic E-state index is 0.107. The van der Waals surface area contributed by atoms with Crippen molar-refractivity contribution in [3.8, 4) is 5.75 Å². The van der Waals surface area contributed by atoms with Gasteiger partial charge in [0.05, 0.1) is 19.3 Å². The molecular formula is C23H29N3O3. The Morgan fingerprint density at radius 1 is 1.17 bits per heavy atom. The zero-order chi connectivity index (χ0) is 20.5. The van der Waals surface area contributed by atoms with Crippen molar-refractivity contribution in [2.75, 3.05) is 25.1 Å². The van der Waals surface area contributed by atoms with Gasteiger partial charge in [0.25, 0.3) is 5.91 Å². The van der Waals surface area contributed by atoms with Gasteiger partial charge in [0.2, 0.25) is 5.96 Å². The smallest absolute Gasteiger partial charge is 0.257 e. The van der Waals surface area contributed by atoms with Crippen molar-refractivity contribution in [3.63, 3.8) is 0 Å². The highest BCUT2D eigenvalue weighted by Crippen LogP contribution is 2.17. The third kappa shape index (κ3) is 6.06. The molecule has 2 N–H and O–H groups in total. The largest absolute Gasteiger partial charge is 0.494 e. The zero-order valence-electron chi connectivity index (χ0n) is 17.1. The third-order valence-electron chi connectivity index (χ3n) is 4.79. The minimum Gasteiger partial charge on any atom is -0.494 e. The molecule has 2 aromatic rings. The number of hydrogen-bond acceptors (Lipinski definition) is 4. The molecule has 6 heteroatoms. The van der Waals surface area contributed by atoms with Gasteiger partial charge in [-0.25, -0.2) is 4.99 Å². The van der Waals surface area contributed by atoms with Crippen molar-refractivity contribution in [3.05, 3.63) is 59.7 Å². The van der Waals surface area contributed by atoms with Crippen LogP contribution >= 0.6 is 0 Å². The van der Waals surface area contributed by atoms with Crippen LogP contribution in [0, 0.1) is 0 Å². The fourth-order valence-electron chi connectivity index (χ4n) is 3.22. The molecule has 0 saturated carbocycles. The molecule has 1 atom stereocenters. The summed E-state index contributed by atoms with van der Waals surface area (Å²) in [5, 5.41) is 6.20. The van der Waals surface area contributed by atoms with Gasteiger partial charge in [-0.05, 0) is 62.1 Å². The van der Waals surface area contributed by atoms with Crippen LogP contribution in [0.5, 0.6) is 5.75 Å². The van der Waals surface area contributed by atoms with E-state index in [9.17, 15) is 4.79 Å². The van der Waals surface area contributed by atoms with Crippen LogP contribution in [0.1, 0.15) is 42.6 Å². The summed E-state index contributed by atoms with van der Waals surface area (Å²) in [7, 11) is 0. The summed E-state index contributed by atoms with van der Waals surface area (Å²) in [5.41, 5.74) is 2.64. The molecule has 0 radical (unpaired) electrons. The number of carbonyl (C=O) groups is 1. The predicted octanol–water partition coefficient (Wildman–Crippen LogP) is 4.02. The van der Waals surface area contributed by atoms with Gasteiger partial charge in [0.1, 0.15) is 5.75 Å². The fourth-order valence-corrected chi connectivity index (χ4v) is 3.22. The molecule has 2 aromatic carbocycles. The third-order valence-corrected chi connectivity index (χ3v) is 4.79. The van der Waals surface area contributed by atoms with Gasteiger partial charge in [0.15, 0.2) is 0 Å². The molecule has 1 saturated heterocycles. The number of rotatable bonds is 7. The van der Waals surface area contributed by atoms with Crippen LogP contribution in [0.2, 0.25) is 0 Å². The first-order chi connectivity index (χ1) is 14.2. The maximum Gasteiger partial charge on any atom is 0.257 e. The summed E-state index contributed by atoms with van der Waals surface area (Å²) in [6.07, 6.45) is 3.04. The van der Waals surface area contributed by atoms with Crippen LogP contribution in [0.15, 0.2) is 53.5 Å². The SMILES string of the molecule is CCOc1ccc(C(=O)NC(=NC[C@@H]2CCCO2)Nc2ccccc2CC)cc1. The number of amides is 1. The zero-order valence-corrected chi connectivity index (χ0v) is 17.1. The second-order valence-electron chi connectivity index (χ2n) is 6.87. The molecule has 1 amide bonds. The summed E-state index contributed by atoms with van der Waals surface area (Å²) < 4.78 is 11.1. The van der Waals surface area contributed by atoms with E-state index in [1.54, 1.807) is 24.3 Å². The Labute approximate surface area is 172 Å². The van der Waals surface area contributed by atoms with Gasteiger partial charge in [-0.2, -0.15) is 0 Å². The number of nitrogens with one attached hydrogen (secondary N) is 2. The minimum atomic E-state index is -0.222. The maximum atomic E-state index is 12.8. The maximum absolute atomic E-state index is 12.8. The molecule has 0 unspecified atom stereocenters. The van der Waals surface area contributed by atoms with E-state index in [4.69, 9.17) is 9.47 Å². The second-order valence-corrected chi connectivity index (χ2v) is 6.87. The highest BCUT2D eigenvalue weighted by molar-refractivity contribution is 6.10. The standard InChI is InChI=1S/C23H29N3O3/c1-3-17-8-5-6-10-21(17)25-23(24-16-20-9-7-15-29-20)26-22(27)18-11-13-19(14-12-18)28-4-2/h5-6,8,10-14,20H,3-4,7,9,15-16H2,1-2H3,(H2,24,25,26,27)/t20-/m0/s1. The molecular weight excluding hydrogens is 366 g/mol. The van der Waals surface area contributed by atoms with Crippen LogP contribution in [-0.4, -0.2) is 37.7 Å². The molecule has 1 heterocycles. The topological polar surface area (TPSA) is 72.0 Å². The van der Waals surface area contributed by atoms with Gasteiger partial charge in [-0.1, -0.05) is 25.1 Å². The van der Waals surface area contributed by atoms with E-state index < -0.39 is 0 Å². The predicted molar refractivity (Wildman–Crippen MR) is 116 cm³/mol. The lowest BCUT2D eigenvalue weighted by molar-refractivity contribution is 0.0975. The second kappa shape index (κ2) is 10.6. The Morgan fingerprint density at radius 3 is 2.66 bits per heavy atom. The van der Waals surface area contributed by atoms with E-state index in [0.29, 0.717) is 24.7 Å². The number of hydrogen-bond donors (Lipinski definition) is 2. The average molecular weight is 396 g/mol. The molecule has 3 rings (SSSR count). The number of anilines is 1. The van der Waals surface area contributed by atoms with Crippen molar-refractivity contribution in [1.82, 2.24) is 5.32 Å². The Kier molecular flexibility index (Phi) is 7.64. The number of aryl methyl sites for hydroxylation is 1. The summed E-state index contributed by atoms with van der Waals surface area (Å²) in [4.78, 5) is 17.4. The van der Waals surface area contributed by atoms with Gasteiger partial charge < -0.3 is 14.8 Å². The number of carbonyl (C=O) groups excluding carboxylic acids is 1. The number of aliphatic imine (C=N–C) groups is 1. The van der Waals surface area contributed by atoms with Crippen molar-refractivity contribution < 1.29 is 14.3 Å². The quantitative estimate of drug-likeness (QED) is 0.549. The van der Waals surface area contributed by atoms with E-state index in [2.05, 4.69) is 28.6 Å². The first kappa shape index (κ1) is 20.9. The number of ether oxygens (including phenoxy) is 2. The Bertz CT molecular complexity index is 828. The molecule has 154 valence electrons. The van der Waals surface area contributed by atoms with Crippen LogP contribution in [0.25, 0.3) is 0 Å². The highest BCUT2D eigenvalue weighted by Gasteiger charge is 2.16. The van der Waals surface area contributed by atoms with Crippen molar-refractivity contribution in [2.45, 2.75) is 39.2 Å². The van der Waals surface area contributed by atoms with Crippen molar-refractivity contribution in [1.29, 1.82) is 0 Å². The summed E-state index contributed by atoms with van der Waals surface area (Å²) in [6.45, 7) is 5.91. The van der Waals surface area contributed by atoms with Crippen LogP contribution in [0.4, 0.5) is 5.69 Å². The first-order valence-corrected chi connectivity index (χ1v) is 10.2. The Morgan fingerprint density at radius 2 is 1.97 bits per heavy atom. The first-order valence-electron chi connectivity index (χ1n) is 10.2. The Hall–Kier alpha value is -2.86. The highest BCUT2D eigenvalue weighted by atomic mass is 16.5. The van der Waals surface area contributed by atoms with Crippen LogP contribution in [-0.2, 0) is 11.2 Å². The van der Waals surface area contributed by atoms with Crippen LogP contribution < -0.4 is 15.4 Å². The summed E-state index contributed by atoms with van der Waals surface area (Å²) in [6, 6.07) is 15.1. The van der Waals surface area contributed by atoms with E-state index in [-0.39, 0.29) is 12.0 Å². The Balaban J connectivity index is 1.74. The van der Waals surface area contributed by atoms with E-state index in [1.165, 1.54) is 0 Å². The lowest BCUT2D eigenvalue weighted by Crippen LogP contribution is -2.37. The van der Waals surface area contributed by atoms with Gasteiger partial charge in [0, 0.05) is 17.9 Å². The van der Waals surface area contributed by atoms with E-state index >= 15 is 0 Å². The van der Waals surface area contributed by atoms with Gasteiger partial charge in [-0.15, -0.1) is 0 Å². The van der Waals surface area contributed by atoms with Crippen LogP contribution in [0.3, 0.4) is 0 Å². The number of benzene rings is 2. The van der Waals surface area contributed by atoms with Gasteiger partial charge >= 0.3 is 0 Å². The van der Waals surface area contributed by atoms with Crippen molar-refractivity contribution >= 4 is 17.6 Å². The summed E-state index contributed by atoms with van der Waals surface area (Å²) in [5.74, 6) is 0.951. The average Bonchev–Trinajstić information content (AvgIpc) is 3.27. The lowest BCUT2D eigenvalue weighted by Gasteiger charge is -2.15. The monoisotopic (exact) mass is 395 g/mol. The molecule has 0 aliphatic carbocycles. The molecule has 0 bridgehead atoms. The molecule has 1 aliphatic rings. The lowest BCUT2D eigenvalue weighted by atomic mass is 10.1. The fraction of sp³-hybridized carbons (Fsp3) is 0.391. The summed E-state index contributed by atoms with van der Waals surface area (Å²) >= 11 is 0. The molecule has 1 aliphatic heterocycles. The van der Waals surface area contributed by atoms with E-state index in [0.717, 1.165) is 42.9 Å². The molecule has 1 fully saturated rings. The number of para-hydroxylation sites is 1. The molecule has 6 nitrogen and oxygen atoms in total.